The van der Waals surface area contributed by atoms with Crippen LogP contribution in [-0.2, 0) is 4.79 Å². The summed E-state index contributed by atoms with van der Waals surface area (Å²) in [5.74, 6) is 0.569. The van der Waals surface area contributed by atoms with Crippen LogP contribution in [0.4, 0.5) is 0 Å². The lowest BCUT2D eigenvalue weighted by molar-refractivity contribution is -0.135. The van der Waals surface area contributed by atoms with Gasteiger partial charge in [0.25, 0.3) is 0 Å². The number of hydrogen-bond donors (Lipinski definition) is 3. The van der Waals surface area contributed by atoms with Gasteiger partial charge in [0.15, 0.2) is 0 Å². The van der Waals surface area contributed by atoms with Crippen molar-refractivity contribution < 1.29 is 9.90 Å². The molecule has 2 rings (SSSR count). The van der Waals surface area contributed by atoms with E-state index in [0.717, 1.165) is 19.3 Å². The van der Waals surface area contributed by atoms with Crippen molar-refractivity contribution >= 4 is 5.91 Å². The SMILES string of the molecule is CC1(C)C(O)CC1NC(=O)C1CCCCC1CN. The molecule has 0 aromatic rings. The fourth-order valence-electron chi connectivity index (χ4n) is 3.26. The van der Waals surface area contributed by atoms with E-state index in [2.05, 4.69) is 5.32 Å². The van der Waals surface area contributed by atoms with Gasteiger partial charge in [0.05, 0.1) is 6.10 Å². The second kappa shape index (κ2) is 5.17. The zero-order chi connectivity index (χ0) is 13.3. The second-order valence-corrected chi connectivity index (χ2v) is 6.52. The summed E-state index contributed by atoms with van der Waals surface area (Å²) in [6, 6.07) is 0.111. The summed E-state index contributed by atoms with van der Waals surface area (Å²) in [4.78, 5) is 12.3. The van der Waals surface area contributed by atoms with Gasteiger partial charge < -0.3 is 16.2 Å². The van der Waals surface area contributed by atoms with Crippen LogP contribution in [-0.4, -0.2) is 29.7 Å². The Kier molecular flexibility index (Phi) is 3.97. The minimum absolute atomic E-state index is 0.0808. The van der Waals surface area contributed by atoms with Crippen molar-refractivity contribution in [1.29, 1.82) is 0 Å². The summed E-state index contributed by atoms with van der Waals surface area (Å²) in [6.07, 6.45) is 4.75. The first-order chi connectivity index (χ1) is 8.46. The van der Waals surface area contributed by atoms with Crippen LogP contribution in [0.5, 0.6) is 0 Å². The molecule has 0 aromatic carbocycles. The fraction of sp³-hybridized carbons (Fsp3) is 0.929. The lowest BCUT2D eigenvalue weighted by atomic mass is 9.64. The Morgan fingerprint density at radius 3 is 2.61 bits per heavy atom. The lowest BCUT2D eigenvalue weighted by Crippen LogP contribution is -2.62. The molecule has 2 aliphatic rings. The number of rotatable bonds is 3. The Hall–Kier alpha value is -0.610. The molecule has 2 fully saturated rings. The molecule has 0 bridgehead atoms. The van der Waals surface area contributed by atoms with E-state index in [4.69, 9.17) is 5.73 Å². The molecule has 0 aliphatic heterocycles. The summed E-state index contributed by atoms with van der Waals surface area (Å²) in [6.45, 7) is 4.62. The minimum atomic E-state index is -0.292. The van der Waals surface area contributed by atoms with Crippen molar-refractivity contribution in [2.45, 2.75) is 58.1 Å². The fourth-order valence-corrected chi connectivity index (χ4v) is 3.26. The number of aliphatic hydroxyl groups is 1. The molecule has 0 spiro atoms. The summed E-state index contributed by atoms with van der Waals surface area (Å²) in [5.41, 5.74) is 5.57. The van der Waals surface area contributed by atoms with E-state index in [-0.39, 0.29) is 29.4 Å². The third-order valence-corrected chi connectivity index (χ3v) is 5.08. The van der Waals surface area contributed by atoms with Gasteiger partial charge in [0.2, 0.25) is 5.91 Å². The quantitative estimate of drug-likeness (QED) is 0.704. The highest BCUT2D eigenvalue weighted by molar-refractivity contribution is 5.79. The van der Waals surface area contributed by atoms with E-state index in [1.807, 2.05) is 13.8 Å². The first-order valence-electron chi connectivity index (χ1n) is 7.15. The molecular formula is C14H26N2O2. The molecule has 104 valence electrons. The molecule has 2 aliphatic carbocycles. The van der Waals surface area contributed by atoms with E-state index < -0.39 is 0 Å². The zero-order valence-electron chi connectivity index (χ0n) is 11.5. The Morgan fingerprint density at radius 1 is 1.39 bits per heavy atom. The molecule has 0 aromatic heterocycles. The minimum Gasteiger partial charge on any atom is -0.392 e. The molecule has 4 heteroatoms. The third kappa shape index (κ3) is 2.41. The van der Waals surface area contributed by atoms with Gasteiger partial charge in [-0.3, -0.25) is 4.79 Å². The van der Waals surface area contributed by atoms with E-state index in [0.29, 0.717) is 18.9 Å². The van der Waals surface area contributed by atoms with Crippen LogP contribution in [0.3, 0.4) is 0 Å². The summed E-state index contributed by atoms with van der Waals surface area (Å²) < 4.78 is 0. The summed E-state index contributed by atoms with van der Waals surface area (Å²) >= 11 is 0. The predicted octanol–water partition coefficient (Wildman–Crippen LogP) is 1.03. The summed E-state index contributed by atoms with van der Waals surface area (Å²) in [5, 5.41) is 12.8. The number of hydrogen-bond acceptors (Lipinski definition) is 3. The first-order valence-corrected chi connectivity index (χ1v) is 7.15. The molecular weight excluding hydrogens is 228 g/mol. The maximum Gasteiger partial charge on any atom is 0.223 e. The highest BCUT2D eigenvalue weighted by Gasteiger charge is 2.48. The van der Waals surface area contributed by atoms with Crippen molar-refractivity contribution in [2.75, 3.05) is 6.54 Å². The Bertz CT molecular complexity index is 317. The Morgan fingerprint density at radius 2 is 2.06 bits per heavy atom. The van der Waals surface area contributed by atoms with Gasteiger partial charge in [-0.25, -0.2) is 0 Å². The largest absolute Gasteiger partial charge is 0.392 e. The maximum absolute atomic E-state index is 12.3. The number of nitrogens with one attached hydrogen (secondary N) is 1. The van der Waals surface area contributed by atoms with Crippen molar-refractivity contribution in [2.24, 2.45) is 23.0 Å². The van der Waals surface area contributed by atoms with Gasteiger partial charge in [0.1, 0.15) is 0 Å². The van der Waals surface area contributed by atoms with Gasteiger partial charge in [-0.05, 0) is 31.7 Å². The van der Waals surface area contributed by atoms with Crippen LogP contribution in [0.25, 0.3) is 0 Å². The third-order valence-electron chi connectivity index (χ3n) is 5.08. The van der Waals surface area contributed by atoms with Gasteiger partial charge in [-0.1, -0.05) is 26.7 Å². The lowest BCUT2D eigenvalue weighted by Gasteiger charge is -2.50. The summed E-state index contributed by atoms with van der Waals surface area (Å²) in [7, 11) is 0. The van der Waals surface area contributed by atoms with Crippen molar-refractivity contribution in [3.63, 3.8) is 0 Å². The van der Waals surface area contributed by atoms with Crippen molar-refractivity contribution in [1.82, 2.24) is 5.32 Å². The van der Waals surface area contributed by atoms with Gasteiger partial charge in [-0.15, -0.1) is 0 Å². The van der Waals surface area contributed by atoms with Crippen LogP contribution >= 0.6 is 0 Å². The van der Waals surface area contributed by atoms with Crippen LogP contribution in [0.2, 0.25) is 0 Å². The number of carbonyl (C=O) groups excluding carboxylic acids is 1. The predicted molar refractivity (Wildman–Crippen MR) is 70.8 cm³/mol. The van der Waals surface area contributed by atoms with Crippen LogP contribution < -0.4 is 11.1 Å². The van der Waals surface area contributed by atoms with Gasteiger partial charge in [0, 0.05) is 17.4 Å². The van der Waals surface area contributed by atoms with Gasteiger partial charge in [-0.2, -0.15) is 0 Å². The van der Waals surface area contributed by atoms with E-state index in [9.17, 15) is 9.90 Å². The molecule has 4 unspecified atom stereocenters. The molecule has 0 radical (unpaired) electrons. The van der Waals surface area contributed by atoms with Crippen LogP contribution in [0.1, 0.15) is 46.0 Å². The smallest absolute Gasteiger partial charge is 0.223 e. The van der Waals surface area contributed by atoms with E-state index in [1.165, 1.54) is 6.42 Å². The Labute approximate surface area is 109 Å². The monoisotopic (exact) mass is 254 g/mol. The number of nitrogens with two attached hydrogens (primary N) is 1. The molecule has 18 heavy (non-hydrogen) atoms. The molecule has 4 nitrogen and oxygen atoms in total. The molecule has 0 saturated heterocycles. The molecule has 2 saturated carbocycles. The highest BCUT2D eigenvalue weighted by atomic mass is 16.3. The number of amides is 1. The normalized spacial score (nSPS) is 38.9. The number of aliphatic hydroxyl groups excluding tert-OH is 1. The average Bonchev–Trinajstić information content (AvgIpc) is 2.38. The molecule has 4 N–H and O–H groups in total. The standard InChI is InChI=1S/C14H26N2O2/c1-14(2)11(7-12(14)17)16-13(18)10-6-4-3-5-9(10)8-15/h9-12,17H,3-8,15H2,1-2H3,(H,16,18). The highest BCUT2D eigenvalue weighted by Crippen LogP contribution is 2.41. The average molecular weight is 254 g/mol. The van der Waals surface area contributed by atoms with Crippen LogP contribution in [0, 0.1) is 17.3 Å². The Balaban J connectivity index is 1.91. The second-order valence-electron chi connectivity index (χ2n) is 6.52. The maximum atomic E-state index is 12.3. The van der Waals surface area contributed by atoms with Crippen molar-refractivity contribution in [3.8, 4) is 0 Å². The zero-order valence-corrected chi connectivity index (χ0v) is 11.5. The molecule has 0 heterocycles. The van der Waals surface area contributed by atoms with E-state index in [1.54, 1.807) is 0 Å². The van der Waals surface area contributed by atoms with E-state index >= 15 is 0 Å². The first kappa shape index (κ1) is 13.8. The molecule has 1 amide bonds. The van der Waals surface area contributed by atoms with Crippen LogP contribution in [0.15, 0.2) is 0 Å². The number of carbonyl (C=O) groups is 1. The van der Waals surface area contributed by atoms with Crippen molar-refractivity contribution in [3.05, 3.63) is 0 Å². The molecule has 4 atom stereocenters. The topological polar surface area (TPSA) is 75.3 Å². The van der Waals surface area contributed by atoms with Gasteiger partial charge >= 0.3 is 0 Å².